The van der Waals surface area contributed by atoms with E-state index in [9.17, 15) is 25.2 Å². The summed E-state index contributed by atoms with van der Waals surface area (Å²) < 4.78 is 12.7. The van der Waals surface area contributed by atoms with Crippen LogP contribution in [0.15, 0.2) is 11.8 Å². The van der Waals surface area contributed by atoms with Crippen LogP contribution < -0.4 is 38.9 Å². The number of aliphatic hydroxyl groups excluding tert-OH is 3. The third kappa shape index (κ3) is 8.24. The zero-order valence-corrected chi connectivity index (χ0v) is 25.5. The van der Waals surface area contributed by atoms with Gasteiger partial charge in [-0.1, -0.05) is 0 Å². The van der Waals surface area contributed by atoms with Crippen molar-refractivity contribution < 1.29 is 34.7 Å². The Kier molecular flexibility index (Phi) is 11.8. The SMILES string of the molecule is CN[C@@H]1[C@@H](O)[C@@H](O[C@@H]2[C@@H](O)[C@H](C3OC(CNCCC(N)C4CC4)=CC[C@H]3N)[C@@H](N)C[C@H]2NC(=O)[C@@H](O)CN)CC[C@]1(C)O. The molecule has 0 aromatic heterocycles. The number of hydrogen-bond acceptors (Lipinski definition) is 13. The van der Waals surface area contributed by atoms with Gasteiger partial charge in [-0.25, -0.2) is 0 Å². The molecule has 0 saturated heterocycles. The first-order valence-electron chi connectivity index (χ1n) is 15.8. The van der Waals surface area contributed by atoms with Gasteiger partial charge >= 0.3 is 0 Å². The maximum absolute atomic E-state index is 12.6. The summed E-state index contributed by atoms with van der Waals surface area (Å²) in [7, 11) is 1.65. The maximum atomic E-state index is 12.6. The molecule has 2 unspecified atom stereocenters. The van der Waals surface area contributed by atoms with Gasteiger partial charge in [0.15, 0.2) is 0 Å². The van der Waals surface area contributed by atoms with Crippen LogP contribution in [0.4, 0.5) is 0 Å². The average molecular weight is 614 g/mol. The van der Waals surface area contributed by atoms with E-state index in [1.807, 2.05) is 6.08 Å². The normalized spacial score (nSPS) is 41.6. The third-order valence-electron chi connectivity index (χ3n) is 9.86. The topological polar surface area (TPSA) is 257 Å². The van der Waals surface area contributed by atoms with Crippen molar-refractivity contribution in [2.75, 3.05) is 26.7 Å². The van der Waals surface area contributed by atoms with Crippen LogP contribution in [0.1, 0.15) is 51.9 Å². The molecule has 3 saturated carbocycles. The van der Waals surface area contributed by atoms with Crippen LogP contribution in [0, 0.1) is 11.8 Å². The van der Waals surface area contributed by atoms with E-state index in [4.69, 9.17) is 32.4 Å². The minimum Gasteiger partial charge on any atom is -0.492 e. The van der Waals surface area contributed by atoms with Crippen LogP contribution in [-0.2, 0) is 14.3 Å². The number of nitrogens with one attached hydrogen (secondary N) is 3. The molecule has 0 aromatic rings. The Bertz CT molecular complexity index is 954. The van der Waals surface area contributed by atoms with Gasteiger partial charge in [0.2, 0.25) is 5.91 Å². The van der Waals surface area contributed by atoms with E-state index in [0.29, 0.717) is 37.5 Å². The Balaban J connectivity index is 1.47. The molecule has 1 amide bonds. The average Bonchev–Trinajstić information content (AvgIpc) is 3.81. The number of likely N-dealkylation sites (N-methyl/N-ethyl adjacent to an activating group) is 1. The van der Waals surface area contributed by atoms with E-state index in [1.165, 1.54) is 12.8 Å². The second-order valence-corrected chi connectivity index (χ2v) is 13.2. The third-order valence-corrected chi connectivity index (χ3v) is 9.86. The number of carbonyl (C=O) groups is 1. The van der Waals surface area contributed by atoms with E-state index in [1.54, 1.807) is 14.0 Å². The molecule has 0 bridgehead atoms. The summed E-state index contributed by atoms with van der Waals surface area (Å²) in [5.41, 5.74) is 23.7. The maximum Gasteiger partial charge on any atom is 0.250 e. The number of hydrogen-bond donors (Lipinski definition) is 11. The van der Waals surface area contributed by atoms with Gasteiger partial charge in [-0.2, -0.15) is 0 Å². The van der Waals surface area contributed by atoms with Gasteiger partial charge in [-0.05, 0) is 77.5 Å². The highest BCUT2D eigenvalue weighted by molar-refractivity contribution is 5.81. The lowest BCUT2D eigenvalue weighted by molar-refractivity contribution is -0.200. The Morgan fingerprint density at radius 3 is 2.58 bits per heavy atom. The number of rotatable bonds is 13. The summed E-state index contributed by atoms with van der Waals surface area (Å²) in [5, 5.41) is 52.9. The van der Waals surface area contributed by atoms with E-state index in [0.717, 1.165) is 13.0 Å². The van der Waals surface area contributed by atoms with Gasteiger partial charge in [-0.3, -0.25) is 4.79 Å². The molecule has 1 aliphatic heterocycles. The molecule has 13 atom stereocenters. The van der Waals surface area contributed by atoms with Gasteiger partial charge in [0.25, 0.3) is 0 Å². The smallest absolute Gasteiger partial charge is 0.250 e. The van der Waals surface area contributed by atoms with Crippen molar-refractivity contribution in [2.24, 2.45) is 34.8 Å². The van der Waals surface area contributed by atoms with Crippen molar-refractivity contribution in [2.45, 2.75) is 124 Å². The molecule has 43 heavy (non-hydrogen) atoms. The van der Waals surface area contributed by atoms with E-state index >= 15 is 0 Å². The zero-order chi connectivity index (χ0) is 31.5. The minimum atomic E-state index is -1.44. The summed E-state index contributed by atoms with van der Waals surface area (Å²) in [6.07, 6.45) is 0.495. The molecule has 1 heterocycles. The second kappa shape index (κ2) is 14.8. The highest BCUT2D eigenvalue weighted by Gasteiger charge is 2.53. The molecule has 248 valence electrons. The molecule has 3 aliphatic carbocycles. The van der Waals surface area contributed by atoms with Crippen molar-refractivity contribution in [1.82, 2.24) is 16.0 Å². The van der Waals surface area contributed by atoms with E-state index < -0.39 is 78.2 Å². The fourth-order valence-electron chi connectivity index (χ4n) is 7.04. The fraction of sp³-hybridized carbons (Fsp3) is 0.897. The summed E-state index contributed by atoms with van der Waals surface area (Å²) in [6, 6.07) is -2.32. The molecule has 14 nitrogen and oxygen atoms in total. The molecule has 4 rings (SSSR count). The number of nitrogens with two attached hydrogens (primary N) is 4. The number of carbonyl (C=O) groups excluding carboxylic acids is 1. The zero-order valence-electron chi connectivity index (χ0n) is 25.5. The fourth-order valence-corrected chi connectivity index (χ4v) is 7.04. The quantitative estimate of drug-likeness (QED) is 0.0901. The summed E-state index contributed by atoms with van der Waals surface area (Å²) >= 11 is 0. The van der Waals surface area contributed by atoms with Crippen LogP contribution in [-0.4, -0.2) is 125 Å². The predicted octanol–water partition coefficient (Wildman–Crippen LogP) is -3.54. The second-order valence-electron chi connectivity index (χ2n) is 13.2. The van der Waals surface area contributed by atoms with Crippen molar-refractivity contribution >= 4 is 5.91 Å². The summed E-state index contributed by atoms with van der Waals surface area (Å²) in [6.45, 7) is 2.63. The highest BCUT2D eigenvalue weighted by Crippen LogP contribution is 2.38. The van der Waals surface area contributed by atoms with Gasteiger partial charge in [0, 0.05) is 30.6 Å². The van der Waals surface area contributed by atoms with Gasteiger partial charge in [0.05, 0.1) is 42.5 Å². The summed E-state index contributed by atoms with van der Waals surface area (Å²) in [4.78, 5) is 12.6. The van der Waals surface area contributed by atoms with Crippen LogP contribution in [0.5, 0.6) is 0 Å². The van der Waals surface area contributed by atoms with E-state index in [-0.39, 0.29) is 19.0 Å². The molecule has 15 N–H and O–H groups in total. The van der Waals surface area contributed by atoms with Crippen LogP contribution >= 0.6 is 0 Å². The minimum absolute atomic E-state index is 0.203. The first kappa shape index (κ1) is 34.4. The molecular formula is C29H55N7O7. The first-order chi connectivity index (χ1) is 20.4. The molecule has 0 spiro atoms. The number of ether oxygens (including phenoxy) is 2. The Morgan fingerprint density at radius 1 is 1.21 bits per heavy atom. The lowest BCUT2D eigenvalue weighted by Gasteiger charge is -2.51. The molecule has 4 aliphatic rings. The Morgan fingerprint density at radius 2 is 1.93 bits per heavy atom. The lowest BCUT2D eigenvalue weighted by atomic mass is 9.72. The number of aliphatic hydroxyl groups is 4. The molecule has 14 heteroatoms. The van der Waals surface area contributed by atoms with Crippen LogP contribution in [0.2, 0.25) is 0 Å². The van der Waals surface area contributed by atoms with Crippen molar-refractivity contribution in [3.05, 3.63) is 11.8 Å². The van der Waals surface area contributed by atoms with Crippen LogP contribution in [0.3, 0.4) is 0 Å². The highest BCUT2D eigenvalue weighted by atomic mass is 16.5. The van der Waals surface area contributed by atoms with Crippen molar-refractivity contribution in [3.8, 4) is 0 Å². The lowest BCUT2D eigenvalue weighted by Crippen LogP contribution is -2.68. The molecule has 3 fully saturated rings. The van der Waals surface area contributed by atoms with Crippen molar-refractivity contribution in [3.63, 3.8) is 0 Å². The van der Waals surface area contributed by atoms with Gasteiger partial charge < -0.3 is 68.8 Å². The first-order valence-corrected chi connectivity index (χ1v) is 15.8. The Hall–Kier alpha value is -1.43. The largest absolute Gasteiger partial charge is 0.492 e. The standard InChI is InChI=1S/C29H55N7O7/c1-29(41)9-7-21(23(38)27(29)34-2)43-26-19(36-28(40)20(37)12-30)11-18(33)22(24(26)39)25-17(32)6-5-15(42-25)13-35-10-8-16(31)14-3-4-14/h5,14,16-27,34-35,37-39,41H,3-4,6-13,30-33H2,1-2H3,(H,36,40)/t16?,17-,18+,19-,20+,21+,22-,23+,24+,25?,26+,27-,29+/m1/s1. The Labute approximate surface area is 254 Å². The molecular weight excluding hydrogens is 558 g/mol. The molecule has 0 radical (unpaired) electrons. The van der Waals surface area contributed by atoms with Crippen molar-refractivity contribution in [1.29, 1.82) is 0 Å². The number of amides is 1. The predicted molar refractivity (Wildman–Crippen MR) is 160 cm³/mol. The van der Waals surface area contributed by atoms with Gasteiger partial charge in [-0.15, -0.1) is 0 Å². The van der Waals surface area contributed by atoms with E-state index in [2.05, 4.69) is 16.0 Å². The monoisotopic (exact) mass is 613 g/mol. The van der Waals surface area contributed by atoms with Gasteiger partial charge in [0.1, 0.15) is 24.1 Å². The molecule has 0 aromatic carbocycles. The van der Waals surface area contributed by atoms with Crippen LogP contribution in [0.25, 0.3) is 0 Å². The summed E-state index contributed by atoms with van der Waals surface area (Å²) in [5.74, 6) is -0.00389.